The van der Waals surface area contributed by atoms with Crippen molar-refractivity contribution in [3.05, 3.63) is 36.7 Å². The van der Waals surface area contributed by atoms with Gasteiger partial charge in [-0.25, -0.2) is 9.97 Å². The van der Waals surface area contributed by atoms with Crippen LogP contribution < -0.4 is 0 Å². The van der Waals surface area contributed by atoms with E-state index in [0.717, 1.165) is 42.3 Å². The summed E-state index contributed by atoms with van der Waals surface area (Å²) in [6.45, 7) is 4.39. The summed E-state index contributed by atoms with van der Waals surface area (Å²) >= 11 is 0. The van der Waals surface area contributed by atoms with Gasteiger partial charge >= 0.3 is 0 Å². The van der Waals surface area contributed by atoms with E-state index >= 15 is 0 Å². The van der Waals surface area contributed by atoms with Crippen molar-refractivity contribution in [3.8, 4) is 11.6 Å². The van der Waals surface area contributed by atoms with E-state index in [4.69, 9.17) is 9.40 Å². The fraction of sp³-hybridized carbons (Fsp3) is 0.412. The molecule has 3 aromatic rings. The van der Waals surface area contributed by atoms with Crippen molar-refractivity contribution >= 4 is 11.2 Å². The van der Waals surface area contributed by atoms with Gasteiger partial charge in [0, 0.05) is 12.7 Å². The molecule has 4 rings (SSSR count). The van der Waals surface area contributed by atoms with Crippen LogP contribution in [0.25, 0.3) is 22.7 Å². The molecule has 0 amide bonds. The van der Waals surface area contributed by atoms with Gasteiger partial charge in [0.2, 0.25) is 0 Å². The second-order valence-electron chi connectivity index (χ2n) is 5.73. The highest BCUT2D eigenvalue weighted by atomic mass is 16.3. The first kappa shape index (κ1) is 13.5. The predicted molar refractivity (Wildman–Crippen MR) is 85.4 cm³/mol. The first-order valence-electron chi connectivity index (χ1n) is 7.99. The molecule has 1 fully saturated rings. The van der Waals surface area contributed by atoms with Crippen molar-refractivity contribution in [3.63, 3.8) is 0 Å². The molecule has 1 aliphatic rings. The average molecular weight is 296 g/mol. The first-order valence-corrected chi connectivity index (χ1v) is 7.99. The third kappa shape index (κ3) is 2.13. The summed E-state index contributed by atoms with van der Waals surface area (Å²) in [5.74, 6) is 1.68. The number of fused-ring (bicyclic) bond motifs is 1. The van der Waals surface area contributed by atoms with E-state index in [2.05, 4.69) is 21.4 Å². The van der Waals surface area contributed by atoms with Gasteiger partial charge in [0.25, 0.3) is 0 Å². The van der Waals surface area contributed by atoms with Gasteiger partial charge in [0.05, 0.1) is 12.4 Å². The molecule has 0 bridgehead atoms. The molecule has 0 saturated carbocycles. The number of piperidine rings is 1. The summed E-state index contributed by atoms with van der Waals surface area (Å²) in [6, 6.07) is 7.83. The molecule has 0 N–H and O–H groups in total. The van der Waals surface area contributed by atoms with E-state index in [-0.39, 0.29) is 0 Å². The molecule has 1 aliphatic heterocycles. The van der Waals surface area contributed by atoms with E-state index in [9.17, 15) is 0 Å². The van der Waals surface area contributed by atoms with E-state index in [1.54, 1.807) is 6.26 Å². The van der Waals surface area contributed by atoms with Crippen molar-refractivity contribution in [2.75, 3.05) is 13.1 Å². The quantitative estimate of drug-likeness (QED) is 0.739. The molecule has 0 spiro atoms. The van der Waals surface area contributed by atoms with Crippen LogP contribution in [0.2, 0.25) is 0 Å². The Hall–Kier alpha value is -2.14. The van der Waals surface area contributed by atoms with Gasteiger partial charge in [0.15, 0.2) is 17.2 Å². The molecule has 5 heteroatoms. The van der Waals surface area contributed by atoms with E-state index < -0.39 is 0 Å². The molecule has 1 unspecified atom stereocenters. The molecule has 0 aliphatic carbocycles. The second kappa shape index (κ2) is 5.57. The second-order valence-corrected chi connectivity index (χ2v) is 5.73. The lowest BCUT2D eigenvalue weighted by atomic mass is 10.1. The van der Waals surface area contributed by atoms with Crippen LogP contribution in [0, 0.1) is 0 Å². The molecule has 3 aromatic heterocycles. The number of aromatic nitrogens is 3. The molecule has 0 radical (unpaired) electrons. The highest BCUT2D eigenvalue weighted by Gasteiger charge is 2.28. The predicted octanol–water partition coefficient (Wildman–Crippen LogP) is 3.70. The van der Waals surface area contributed by atoms with Gasteiger partial charge in [-0.05, 0) is 50.1 Å². The largest absolute Gasteiger partial charge is 0.461 e. The monoisotopic (exact) mass is 296 g/mol. The molecular formula is C17H20N4O. The smallest absolute Gasteiger partial charge is 0.179 e. The third-order valence-electron chi connectivity index (χ3n) is 4.47. The number of hydrogen-bond acceptors (Lipinski definition) is 4. The maximum atomic E-state index is 5.62. The molecule has 1 saturated heterocycles. The van der Waals surface area contributed by atoms with Crippen LogP contribution in [-0.2, 0) is 0 Å². The summed E-state index contributed by atoms with van der Waals surface area (Å²) < 4.78 is 7.88. The number of likely N-dealkylation sites (tertiary alicyclic amines) is 1. The summed E-state index contributed by atoms with van der Waals surface area (Å²) in [4.78, 5) is 11.9. The van der Waals surface area contributed by atoms with Crippen LogP contribution in [0.15, 0.2) is 41.1 Å². The zero-order valence-electron chi connectivity index (χ0n) is 12.8. The van der Waals surface area contributed by atoms with E-state index in [1.807, 2.05) is 30.5 Å². The summed E-state index contributed by atoms with van der Waals surface area (Å²) in [7, 11) is 0. The number of nitrogens with zero attached hydrogens (tertiary/aromatic N) is 4. The van der Waals surface area contributed by atoms with Gasteiger partial charge in [-0.2, -0.15) is 0 Å². The van der Waals surface area contributed by atoms with Gasteiger partial charge in [0.1, 0.15) is 5.52 Å². The van der Waals surface area contributed by atoms with Crippen LogP contribution in [0.3, 0.4) is 0 Å². The molecule has 1 atom stereocenters. The third-order valence-corrected chi connectivity index (χ3v) is 4.47. The van der Waals surface area contributed by atoms with Crippen LogP contribution in [0.4, 0.5) is 0 Å². The van der Waals surface area contributed by atoms with Crippen molar-refractivity contribution in [1.29, 1.82) is 0 Å². The minimum atomic E-state index is 0.304. The Morgan fingerprint density at radius 3 is 3.05 bits per heavy atom. The Bertz CT molecular complexity index is 762. The lowest BCUT2D eigenvalue weighted by Gasteiger charge is -2.36. The van der Waals surface area contributed by atoms with E-state index in [1.165, 1.54) is 12.8 Å². The number of rotatable bonds is 3. The van der Waals surface area contributed by atoms with Gasteiger partial charge < -0.3 is 4.42 Å². The van der Waals surface area contributed by atoms with E-state index in [0.29, 0.717) is 6.17 Å². The average Bonchev–Trinajstić information content (AvgIpc) is 3.22. The van der Waals surface area contributed by atoms with Crippen molar-refractivity contribution in [1.82, 2.24) is 19.4 Å². The van der Waals surface area contributed by atoms with Crippen LogP contribution in [-0.4, -0.2) is 32.5 Å². The zero-order valence-corrected chi connectivity index (χ0v) is 12.8. The number of furan rings is 1. The summed E-state index contributed by atoms with van der Waals surface area (Å²) in [5.41, 5.74) is 1.87. The number of hydrogen-bond donors (Lipinski definition) is 0. The zero-order chi connectivity index (χ0) is 14.9. The van der Waals surface area contributed by atoms with Gasteiger partial charge in [-0.15, -0.1) is 0 Å². The molecular weight excluding hydrogens is 276 g/mol. The highest BCUT2D eigenvalue weighted by Crippen LogP contribution is 2.33. The van der Waals surface area contributed by atoms with Gasteiger partial charge in [-0.1, -0.05) is 6.92 Å². The van der Waals surface area contributed by atoms with Gasteiger partial charge in [-0.3, -0.25) is 9.47 Å². The van der Waals surface area contributed by atoms with Crippen molar-refractivity contribution in [2.24, 2.45) is 0 Å². The molecule has 4 heterocycles. The summed E-state index contributed by atoms with van der Waals surface area (Å²) in [5, 5.41) is 0. The Balaban J connectivity index is 1.92. The SMILES string of the molecule is CCN1CCCCC1n1c(-c2ccco2)nc2cccnc21. The van der Waals surface area contributed by atoms with Crippen molar-refractivity contribution in [2.45, 2.75) is 32.4 Å². The fourth-order valence-corrected chi connectivity index (χ4v) is 3.43. The lowest BCUT2D eigenvalue weighted by Crippen LogP contribution is -2.37. The molecule has 114 valence electrons. The minimum Gasteiger partial charge on any atom is -0.461 e. The van der Waals surface area contributed by atoms with Crippen molar-refractivity contribution < 1.29 is 4.42 Å². The topological polar surface area (TPSA) is 47.1 Å². The Morgan fingerprint density at radius 1 is 1.27 bits per heavy atom. The maximum Gasteiger partial charge on any atom is 0.179 e. The Morgan fingerprint density at radius 2 is 2.23 bits per heavy atom. The fourth-order valence-electron chi connectivity index (χ4n) is 3.43. The number of pyridine rings is 1. The minimum absolute atomic E-state index is 0.304. The first-order chi connectivity index (χ1) is 10.9. The molecule has 5 nitrogen and oxygen atoms in total. The maximum absolute atomic E-state index is 5.62. The van der Waals surface area contributed by atoms with Crippen LogP contribution >= 0.6 is 0 Å². The molecule has 0 aromatic carbocycles. The lowest BCUT2D eigenvalue weighted by molar-refractivity contribution is 0.106. The Kier molecular flexibility index (Phi) is 3.42. The standard InChI is InChI=1S/C17H20N4O/c1-2-20-11-4-3-9-15(20)21-16-13(7-5-10-18-16)19-17(21)14-8-6-12-22-14/h5-8,10,12,15H,2-4,9,11H2,1H3. The number of imidazole rings is 1. The van der Waals surface area contributed by atoms with Crippen LogP contribution in [0.5, 0.6) is 0 Å². The Labute approximate surface area is 129 Å². The summed E-state index contributed by atoms with van der Waals surface area (Å²) in [6.07, 6.45) is 7.48. The normalized spacial score (nSPS) is 19.8. The molecule has 22 heavy (non-hydrogen) atoms. The highest BCUT2D eigenvalue weighted by molar-refractivity contribution is 5.76. The van der Waals surface area contributed by atoms with Crippen LogP contribution in [0.1, 0.15) is 32.4 Å².